The molecule has 0 aromatic heterocycles. The number of esters is 1. The molecule has 0 fully saturated rings. The lowest BCUT2D eigenvalue weighted by Crippen LogP contribution is -2.46. The average Bonchev–Trinajstić information content (AvgIpc) is 2.44. The van der Waals surface area contributed by atoms with Gasteiger partial charge >= 0.3 is 18.3 Å². The Kier molecular flexibility index (Phi) is 7.10. The topological polar surface area (TPSA) is 72.5 Å². The average molecular weight is 472 g/mol. The highest BCUT2D eigenvalue weighted by molar-refractivity contribution is 9.10. The van der Waals surface area contributed by atoms with E-state index in [2.05, 4.69) is 20.7 Å². The van der Waals surface area contributed by atoms with Gasteiger partial charge in [0.05, 0.1) is 23.5 Å². The van der Waals surface area contributed by atoms with Gasteiger partial charge in [-0.25, -0.2) is 8.42 Å². The third-order valence-electron chi connectivity index (χ3n) is 2.92. The lowest BCUT2D eigenvalue weighted by Gasteiger charge is -2.21. The Labute approximate surface area is 152 Å². The second kappa shape index (κ2) is 8.13. The summed E-state index contributed by atoms with van der Waals surface area (Å²) < 4.78 is 107. The Hall–Kier alpha value is -1.34. The molecule has 0 bridgehead atoms. The number of nitrogens with one attached hydrogen (secondary N) is 1. The van der Waals surface area contributed by atoms with Crippen molar-refractivity contribution in [2.24, 2.45) is 0 Å². The van der Waals surface area contributed by atoms with Crippen LogP contribution in [-0.4, -0.2) is 33.2 Å². The number of sulfonamides is 1. The standard InChI is InChI=1S/C13H12BrF6NO4S/c1-2-25-11(22)6-10(13(18,19)20)21-26(23,24)9-5-7(12(15,16)17)3-4-8(9)14/h3-5,10,21H,2,6H2,1H3/t10-/m1/s1. The van der Waals surface area contributed by atoms with Crippen LogP contribution in [0, 0.1) is 0 Å². The van der Waals surface area contributed by atoms with Crippen molar-refractivity contribution in [2.75, 3.05) is 6.61 Å². The van der Waals surface area contributed by atoms with Crippen LogP contribution in [-0.2, 0) is 25.7 Å². The van der Waals surface area contributed by atoms with Crippen molar-refractivity contribution in [3.8, 4) is 0 Å². The van der Waals surface area contributed by atoms with E-state index in [9.17, 15) is 39.6 Å². The van der Waals surface area contributed by atoms with Gasteiger partial charge in [-0.1, -0.05) is 0 Å². The van der Waals surface area contributed by atoms with Crippen molar-refractivity contribution in [3.05, 3.63) is 28.2 Å². The first-order chi connectivity index (χ1) is 11.7. The molecular weight excluding hydrogens is 460 g/mol. The summed E-state index contributed by atoms with van der Waals surface area (Å²) in [7, 11) is -5.04. The summed E-state index contributed by atoms with van der Waals surface area (Å²) in [6.45, 7) is 1.11. The van der Waals surface area contributed by atoms with Crippen LogP contribution >= 0.6 is 15.9 Å². The quantitative estimate of drug-likeness (QED) is 0.507. The Balaban J connectivity index is 3.25. The highest BCUT2D eigenvalue weighted by atomic mass is 79.9. The van der Waals surface area contributed by atoms with Gasteiger partial charge in [-0.05, 0) is 41.1 Å². The number of hydrogen-bond acceptors (Lipinski definition) is 4. The predicted octanol–water partition coefficient (Wildman–Crippen LogP) is 3.63. The Bertz CT molecular complexity index is 763. The Morgan fingerprint density at radius 2 is 1.81 bits per heavy atom. The number of alkyl halides is 6. The lowest BCUT2D eigenvalue weighted by molar-refractivity contribution is -0.166. The van der Waals surface area contributed by atoms with Crippen molar-refractivity contribution in [1.82, 2.24) is 4.72 Å². The highest BCUT2D eigenvalue weighted by Gasteiger charge is 2.44. The van der Waals surface area contributed by atoms with E-state index in [0.717, 1.165) is 6.07 Å². The van der Waals surface area contributed by atoms with Gasteiger partial charge in [0, 0.05) is 4.47 Å². The van der Waals surface area contributed by atoms with Crippen LogP contribution < -0.4 is 4.72 Å². The minimum atomic E-state index is -5.17. The summed E-state index contributed by atoms with van der Waals surface area (Å²) in [4.78, 5) is 10.2. The second-order valence-electron chi connectivity index (χ2n) is 4.87. The van der Waals surface area contributed by atoms with Crippen LogP contribution in [0.15, 0.2) is 27.6 Å². The zero-order chi connectivity index (χ0) is 20.3. The first-order valence-electron chi connectivity index (χ1n) is 6.80. The van der Waals surface area contributed by atoms with E-state index in [4.69, 9.17) is 0 Å². The molecule has 1 N–H and O–H groups in total. The minimum Gasteiger partial charge on any atom is -0.466 e. The van der Waals surface area contributed by atoms with Crippen LogP contribution in [0.25, 0.3) is 0 Å². The van der Waals surface area contributed by atoms with Crippen molar-refractivity contribution < 1.29 is 44.3 Å². The maximum Gasteiger partial charge on any atom is 0.416 e. The summed E-state index contributed by atoms with van der Waals surface area (Å²) in [6, 6.07) is -1.38. The second-order valence-corrected chi connectivity index (χ2v) is 7.40. The number of halogens is 7. The molecule has 1 aromatic rings. The molecule has 1 atom stereocenters. The predicted molar refractivity (Wildman–Crippen MR) is 80.6 cm³/mol. The van der Waals surface area contributed by atoms with Crippen molar-refractivity contribution in [1.29, 1.82) is 0 Å². The number of ether oxygens (including phenoxy) is 1. The zero-order valence-electron chi connectivity index (χ0n) is 12.9. The highest BCUT2D eigenvalue weighted by Crippen LogP contribution is 2.34. The van der Waals surface area contributed by atoms with E-state index in [1.165, 1.54) is 11.6 Å². The van der Waals surface area contributed by atoms with Crippen LogP contribution in [0.4, 0.5) is 26.3 Å². The molecule has 0 aliphatic rings. The van der Waals surface area contributed by atoms with Gasteiger partial charge in [-0.2, -0.15) is 31.1 Å². The SMILES string of the molecule is CCOC(=O)C[C@@H](NS(=O)(=O)c1cc(C(F)(F)F)ccc1Br)C(F)(F)F. The van der Waals surface area contributed by atoms with Gasteiger partial charge in [0.1, 0.15) is 6.04 Å². The maximum absolute atomic E-state index is 13.0. The largest absolute Gasteiger partial charge is 0.466 e. The molecule has 0 saturated carbocycles. The number of benzene rings is 1. The molecule has 148 valence electrons. The van der Waals surface area contributed by atoms with Crippen LogP contribution in [0.5, 0.6) is 0 Å². The molecule has 1 aromatic carbocycles. The molecule has 13 heteroatoms. The number of rotatable bonds is 6. The molecule has 0 radical (unpaired) electrons. The summed E-state index contributed by atoms with van der Waals surface area (Å²) in [5, 5.41) is 0. The molecule has 0 spiro atoms. The molecule has 0 unspecified atom stereocenters. The summed E-state index contributed by atoms with van der Waals surface area (Å²) in [6.07, 6.45) is -11.4. The van der Waals surface area contributed by atoms with Crippen LogP contribution in [0.1, 0.15) is 18.9 Å². The van der Waals surface area contributed by atoms with Crippen molar-refractivity contribution >= 4 is 31.9 Å². The first-order valence-corrected chi connectivity index (χ1v) is 9.07. The fourth-order valence-electron chi connectivity index (χ4n) is 1.75. The van der Waals surface area contributed by atoms with Crippen molar-refractivity contribution in [2.45, 2.75) is 36.6 Å². The van der Waals surface area contributed by atoms with E-state index in [0.29, 0.717) is 6.07 Å². The summed E-state index contributed by atoms with van der Waals surface area (Å²) >= 11 is 2.69. The van der Waals surface area contributed by atoms with Gasteiger partial charge < -0.3 is 4.74 Å². The third kappa shape index (κ3) is 6.13. The fourth-order valence-corrected chi connectivity index (χ4v) is 3.96. The van der Waals surface area contributed by atoms with E-state index in [-0.39, 0.29) is 17.1 Å². The van der Waals surface area contributed by atoms with Crippen molar-refractivity contribution in [3.63, 3.8) is 0 Å². The monoisotopic (exact) mass is 471 g/mol. The first kappa shape index (κ1) is 22.7. The molecular formula is C13H12BrF6NO4S. The van der Waals surface area contributed by atoms with Gasteiger partial charge in [0.25, 0.3) is 0 Å². The molecule has 0 aliphatic carbocycles. The molecule has 1 rings (SSSR count). The molecule has 5 nitrogen and oxygen atoms in total. The van der Waals surface area contributed by atoms with Crippen LogP contribution in [0.3, 0.4) is 0 Å². The third-order valence-corrected chi connectivity index (χ3v) is 5.38. The zero-order valence-corrected chi connectivity index (χ0v) is 15.3. The lowest BCUT2D eigenvalue weighted by atomic mass is 10.2. The normalized spacial score (nSPS) is 14.2. The molecule has 26 heavy (non-hydrogen) atoms. The van der Waals surface area contributed by atoms with Gasteiger partial charge in [0.15, 0.2) is 0 Å². The van der Waals surface area contributed by atoms with Gasteiger partial charge in [-0.15, -0.1) is 0 Å². The molecule has 0 aliphatic heterocycles. The van der Waals surface area contributed by atoms with E-state index in [1.54, 1.807) is 0 Å². The molecule has 0 heterocycles. The van der Waals surface area contributed by atoms with E-state index in [1.807, 2.05) is 0 Å². The summed E-state index contributed by atoms with van der Waals surface area (Å²) in [5.74, 6) is -1.32. The van der Waals surface area contributed by atoms with Crippen LogP contribution in [0.2, 0.25) is 0 Å². The maximum atomic E-state index is 13.0. The number of carbonyl (C=O) groups is 1. The summed E-state index contributed by atoms with van der Waals surface area (Å²) in [5.41, 5.74) is -1.37. The minimum absolute atomic E-state index is 0.185. The van der Waals surface area contributed by atoms with Gasteiger partial charge in [0.2, 0.25) is 10.0 Å². The molecule has 0 saturated heterocycles. The van der Waals surface area contributed by atoms with E-state index >= 15 is 0 Å². The molecule has 0 amide bonds. The smallest absolute Gasteiger partial charge is 0.416 e. The number of carbonyl (C=O) groups excluding carboxylic acids is 1. The Morgan fingerprint density at radius 1 is 1.23 bits per heavy atom. The van der Waals surface area contributed by atoms with Gasteiger partial charge in [-0.3, -0.25) is 4.79 Å². The van der Waals surface area contributed by atoms with E-state index < -0.39 is 51.3 Å². The fraction of sp³-hybridized carbons (Fsp3) is 0.462. The Morgan fingerprint density at radius 3 is 2.27 bits per heavy atom. The number of hydrogen-bond donors (Lipinski definition) is 1.